The molecule has 1 aliphatic carbocycles. The minimum atomic E-state index is -0.0220. The van der Waals surface area contributed by atoms with Crippen LogP contribution < -0.4 is 10.2 Å². The van der Waals surface area contributed by atoms with E-state index in [1.54, 1.807) is 13.1 Å². The van der Waals surface area contributed by atoms with Crippen LogP contribution in [-0.2, 0) is 0 Å². The van der Waals surface area contributed by atoms with Gasteiger partial charge in [-0.3, -0.25) is 4.79 Å². The fourth-order valence-electron chi connectivity index (χ4n) is 3.63. The highest BCUT2D eigenvalue weighted by Gasteiger charge is 2.25. The number of aromatic nitrogens is 2. The smallest absolute Gasteiger partial charge is 0.251 e. The lowest BCUT2D eigenvalue weighted by molar-refractivity contribution is 0.0933. The van der Waals surface area contributed by atoms with Crippen LogP contribution in [0.1, 0.15) is 58.9 Å². The van der Waals surface area contributed by atoms with Crippen molar-refractivity contribution < 1.29 is 4.79 Å². The molecule has 2 heterocycles. The van der Waals surface area contributed by atoms with Gasteiger partial charge in [0.25, 0.3) is 5.91 Å². The van der Waals surface area contributed by atoms with Crippen LogP contribution in [0.2, 0.25) is 0 Å². The van der Waals surface area contributed by atoms with Crippen LogP contribution in [0, 0.1) is 18.3 Å². The van der Waals surface area contributed by atoms with E-state index in [-0.39, 0.29) is 11.9 Å². The predicted octanol–water partition coefficient (Wildman–Crippen LogP) is 2.93. The number of nitrogens with zero attached hydrogens (tertiary/aromatic N) is 4. The Balaban J connectivity index is 1.39. The normalized spacial score (nSPS) is 19.4. The van der Waals surface area contributed by atoms with Crippen LogP contribution in [0.5, 0.6) is 0 Å². The van der Waals surface area contributed by atoms with Gasteiger partial charge in [-0.25, -0.2) is 9.97 Å². The molecule has 1 atom stereocenters. The van der Waals surface area contributed by atoms with Gasteiger partial charge >= 0.3 is 0 Å². The third-order valence-corrected chi connectivity index (χ3v) is 5.34. The zero-order valence-electron chi connectivity index (χ0n) is 15.5. The standard InChI is InChI=1S/C21H23N5O/c1-14-19(11-22)23-12-20(24-14)26-10-2-3-18(13-26)25-21(27)17-8-6-16(7-9-17)15-4-5-15/h6-9,12,15,18H,2-5,10,13H2,1H3,(H,25,27). The molecule has 1 aliphatic heterocycles. The van der Waals surface area contributed by atoms with Gasteiger partial charge in [-0.05, 0) is 56.2 Å². The zero-order chi connectivity index (χ0) is 18.8. The van der Waals surface area contributed by atoms with Gasteiger partial charge in [0.05, 0.1) is 11.9 Å². The topological polar surface area (TPSA) is 81.9 Å². The molecule has 1 saturated carbocycles. The van der Waals surface area contributed by atoms with Gasteiger partial charge < -0.3 is 10.2 Å². The maximum atomic E-state index is 12.6. The van der Waals surface area contributed by atoms with E-state index in [4.69, 9.17) is 5.26 Å². The lowest BCUT2D eigenvalue weighted by Crippen LogP contribution is -2.48. The first-order valence-electron chi connectivity index (χ1n) is 9.53. The Kier molecular flexibility index (Phi) is 4.76. The first-order valence-corrected chi connectivity index (χ1v) is 9.53. The highest BCUT2D eigenvalue weighted by Crippen LogP contribution is 2.39. The highest BCUT2D eigenvalue weighted by atomic mass is 16.1. The van der Waals surface area contributed by atoms with Crippen molar-refractivity contribution in [2.75, 3.05) is 18.0 Å². The number of nitriles is 1. The van der Waals surface area contributed by atoms with E-state index < -0.39 is 0 Å². The van der Waals surface area contributed by atoms with Crippen molar-refractivity contribution in [3.8, 4) is 6.07 Å². The van der Waals surface area contributed by atoms with Crippen LogP contribution >= 0.6 is 0 Å². The van der Waals surface area contributed by atoms with Gasteiger partial charge in [0.15, 0.2) is 5.69 Å². The number of piperidine rings is 1. The molecule has 1 aromatic carbocycles. The maximum absolute atomic E-state index is 12.6. The van der Waals surface area contributed by atoms with Crippen LogP contribution in [0.25, 0.3) is 0 Å². The summed E-state index contributed by atoms with van der Waals surface area (Å²) < 4.78 is 0. The number of carbonyl (C=O) groups excluding carboxylic acids is 1. The van der Waals surface area contributed by atoms with Crippen molar-refractivity contribution in [1.29, 1.82) is 5.26 Å². The number of amides is 1. The molecule has 6 heteroatoms. The number of aryl methyl sites for hydroxylation is 1. The Labute approximate surface area is 159 Å². The Morgan fingerprint density at radius 1 is 1.26 bits per heavy atom. The minimum Gasteiger partial charge on any atom is -0.353 e. The third kappa shape index (κ3) is 3.92. The van der Waals surface area contributed by atoms with Crippen molar-refractivity contribution in [2.24, 2.45) is 0 Å². The van der Waals surface area contributed by atoms with Gasteiger partial charge in [0.1, 0.15) is 11.9 Å². The SMILES string of the molecule is Cc1nc(N2CCCC(NC(=O)c3ccc(C4CC4)cc3)C2)cnc1C#N. The number of nitrogens with one attached hydrogen (secondary N) is 1. The second-order valence-corrected chi connectivity index (χ2v) is 7.43. The molecule has 4 rings (SSSR count). The number of rotatable bonds is 4. The molecule has 2 aromatic rings. The monoisotopic (exact) mass is 361 g/mol. The highest BCUT2D eigenvalue weighted by molar-refractivity contribution is 5.94. The van der Waals surface area contributed by atoms with E-state index in [1.165, 1.54) is 18.4 Å². The average molecular weight is 361 g/mol. The summed E-state index contributed by atoms with van der Waals surface area (Å²) in [4.78, 5) is 23.4. The molecule has 0 bridgehead atoms. The van der Waals surface area contributed by atoms with Crippen LogP contribution in [0.15, 0.2) is 30.5 Å². The quantitative estimate of drug-likeness (QED) is 0.905. The minimum absolute atomic E-state index is 0.0220. The fraction of sp³-hybridized carbons (Fsp3) is 0.429. The molecule has 2 fully saturated rings. The molecule has 2 aliphatic rings. The summed E-state index contributed by atoms with van der Waals surface area (Å²) in [5.41, 5.74) is 3.04. The van der Waals surface area contributed by atoms with Crippen molar-refractivity contribution in [1.82, 2.24) is 15.3 Å². The lowest BCUT2D eigenvalue weighted by atomic mass is 10.0. The Hall–Kier alpha value is -2.94. The molecule has 1 saturated heterocycles. The van der Waals surface area contributed by atoms with Crippen LogP contribution in [0.3, 0.4) is 0 Å². The zero-order valence-corrected chi connectivity index (χ0v) is 15.5. The largest absolute Gasteiger partial charge is 0.353 e. The molecule has 138 valence electrons. The summed E-state index contributed by atoms with van der Waals surface area (Å²) in [6, 6.07) is 10.1. The van der Waals surface area contributed by atoms with Crippen LogP contribution in [0.4, 0.5) is 5.82 Å². The second kappa shape index (κ2) is 7.36. The Morgan fingerprint density at radius 3 is 2.70 bits per heavy atom. The Bertz CT molecular complexity index is 882. The first-order chi connectivity index (χ1) is 13.1. The van der Waals surface area contributed by atoms with E-state index in [0.29, 0.717) is 29.4 Å². The van der Waals surface area contributed by atoms with E-state index in [1.807, 2.05) is 18.2 Å². The molecule has 27 heavy (non-hydrogen) atoms. The van der Waals surface area contributed by atoms with E-state index in [2.05, 4.69) is 32.3 Å². The number of hydrogen-bond donors (Lipinski definition) is 1. The van der Waals surface area contributed by atoms with Crippen molar-refractivity contribution in [3.05, 3.63) is 53.0 Å². The van der Waals surface area contributed by atoms with E-state index in [0.717, 1.165) is 25.2 Å². The van der Waals surface area contributed by atoms with Crippen LogP contribution in [-0.4, -0.2) is 35.0 Å². The predicted molar refractivity (Wildman–Crippen MR) is 103 cm³/mol. The number of hydrogen-bond acceptors (Lipinski definition) is 5. The second-order valence-electron chi connectivity index (χ2n) is 7.43. The van der Waals surface area contributed by atoms with Gasteiger partial charge in [-0.15, -0.1) is 0 Å². The molecule has 1 aromatic heterocycles. The summed E-state index contributed by atoms with van der Waals surface area (Å²) in [7, 11) is 0. The summed E-state index contributed by atoms with van der Waals surface area (Å²) in [5, 5.41) is 12.2. The van der Waals surface area contributed by atoms with Gasteiger partial charge in [-0.1, -0.05) is 12.1 Å². The molecule has 0 spiro atoms. The molecule has 0 radical (unpaired) electrons. The van der Waals surface area contributed by atoms with Gasteiger partial charge in [-0.2, -0.15) is 5.26 Å². The summed E-state index contributed by atoms with van der Waals surface area (Å²) >= 11 is 0. The average Bonchev–Trinajstić information content (AvgIpc) is 3.53. The molecule has 1 unspecified atom stereocenters. The van der Waals surface area contributed by atoms with Crippen molar-refractivity contribution >= 4 is 11.7 Å². The van der Waals surface area contributed by atoms with Gasteiger partial charge in [0, 0.05) is 24.7 Å². The molecule has 1 N–H and O–H groups in total. The summed E-state index contributed by atoms with van der Waals surface area (Å²) in [6.07, 6.45) is 6.10. The first kappa shape index (κ1) is 17.5. The van der Waals surface area contributed by atoms with E-state index >= 15 is 0 Å². The molecular formula is C21H23N5O. The molecule has 6 nitrogen and oxygen atoms in total. The van der Waals surface area contributed by atoms with Gasteiger partial charge in [0.2, 0.25) is 0 Å². The number of carbonyl (C=O) groups is 1. The fourth-order valence-corrected chi connectivity index (χ4v) is 3.63. The van der Waals surface area contributed by atoms with Crippen molar-refractivity contribution in [2.45, 2.75) is 44.6 Å². The maximum Gasteiger partial charge on any atom is 0.251 e. The van der Waals surface area contributed by atoms with E-state index in [9.17, 15) is 4.79 Å². The molecule has 1 amide bonds. The van der Waals surface area contributed by atoms with Crippen molar-refractivity contribution in [3.63, 3.8) is 0 Å². The number of anilines is 1. The number of benzene rings is 1. The molecular weight excluding hydrogens is 338 g/mol. The Morgan fingerprint density at radius 2 is 2.04 bits per heavy atom. The lowest BCUT2D eigenvalue weighted by Gasteiger charge is -2.34. The third-order valence-electron chi connectivity index (χ3n) is 5.34. The summed E-state index contributed by atoms with van der Waals surface area (Å²) in [5.74, 6) is 1.44. The summed E-state index contributed by atoms with van der Waals surface area (Å²) in [6.45, 7) is 3.37.